The van der Waals surface area contributed by atoms with Crippen LogP contribution in [-0.2, 0) is 12.0 Å². The molecule has 2 heteroatoms. The highest BCUT2D eigenvalue weighted by Crippen LogP contribution is 2.42. The molecule has 1 N–H and O–H groups in total. The molecule has 1 aliphatic rings. The molecule has 3 rings (SSSR count). The van der Waals surface area contributed by atoms with E-state index >= 15 is 0 Å². The number of fused-ring (bicyclic) bond motifs is 1. The topological polar surface area (TPSA) is 20.2 Å². The van der Waals surface area contributed by atoms with Crippen LogP contribution in [0, 0.1) is 0 Å². The molecule has 0 amide bonds. The molecule has 0 spiro atoms. The highest BCUT2D eigenvalue weighted by atomic mass is 32.1. The summed E-state index contributed by atoms with van der Waals surface area (Å²) in [6.07, 6.45) is 3.02. The van der Waals surface area contributed by atoms with Crippen LogP contribution >= 0.6 is 11.3 Å². The Labute approximate surface area is 99.4 Å². The molecule has 1 atom stereocenters. The number of rotatable bonds is 1. The molecule has 0 bridgehead atoms. The summed E-state index contributed by atoms with van der Waals surface area (Å²) in [6, 6.07) is 12.1. The molecule has 1 heterocycles. The van der Waals surface area contributed by atoms with Gasteiger partial charge in [0.05, 0.1) is 0 Å². The molecule has 2 aromatic rings. The molecule has 0 fully saturated rings. The summed E-state index contributed by atoms with van der Waals surface area (Å²) < 4.78 is 0. The first-order chi connectivity index (χ1) is 7.81. The second-order valence-corrected chi connectivity index (χ2v) is 5.34. The van der Waals surface area contributed by atoms with Crippen molar-refractivity contribution in [1.82, 2.24) is 0 Å². The fourth-order valence-corrected chi connectivity index (χ4v) is 3.55. The number of aryl methyl sites for hydroxylation is 1. The van der Waals surface area contributed by atoms with Gasteiger partial charge < -0.3 is 5.11 Å². The third-order valence-electron chi connectivity index (χ3n) is 3.38. The Hall–Kier alpha value is -1.12. The summed E-state index contributed by atoms with van der Waals surface area (Å²) in [5.74, 6) is 0. The maximum atomic E-state index is 10.9. The van der Waals surface area contributed by atoms with E-state index in [9.17, 15) is 5.11 Å². The van der Waals surface area contributed by atoms with Crippen molar-refractivity contribution in [2.24, 2.45) is 0 Å². The van der Waals surface area contributed by atoms with Gasteiger partial charge in [0, 0.05) is 10.4 Å². The lowest BCUT2D eigenvalue weighted by Gasteiger charge is -2.33. The highest BCUT2D eigenvalue weighted by Gasteiger charge is 2.36. The van der Waals surface area contributed by atoms with E-state index in [0.717, 1.165) is 30.4 Å². The smallest absolute Gasteiger partial charge is 0.116 e. The van der Waals surface area contributed by atoms with E-state index in [0.29, 0.717) is 0 Å². The minimum atomic E-state index is -0.755. The van der Waals surface area contributed by atoms with Crippen molar-refractivity contribution in [3.63, 3.8) is 0 Å². The first-order valence-electron chi connectivity index (χ1n) is 5.65. The fraction of sp³-hybridized carbons (Fsp3) is 0.286. The van der Waals surface area contributed by atoms with E-state index in [1.54, 1.807) is 11.3 Å². The van der Waals surface area contributed by atoms with Gasteiger partial charge in [-0.1, -0.05) is 30.3 Å². The Morgan fingerprint density at radius 2 is 1.94 bits per heavy atom. The van der Waals surface area contributed by atoms with Crippen molar-refractivity contribution in [2.75, 3.05) is 0 Å². The van der Waals surface area contributed by atoms with Gasteiger partial charge in [0.1, 0.15) is 5.60 Å². The molecule has 0 saturated heterocycles. The van der Waals surface area contributed by atoms with Crippen LogP contribution in [0.3, 0.4) is 0 Å². The van der Waals surface area contributed by atoms with Crippen LogP contribution in [0.1, 0.15) is 28.8 Å². The molecule has 1 nitrogen and oxygen atoms in total. The zero-order valence-electron chi connectivity index (χ0n) is 9.02. The van der Waals surface area contributed by atoms with Crippen molar-refractivity contribution in [2.45, 2.75) is 24.9 Å². The zero-order valence-corrected chi connectivity index (χ0v) is 9.83. The van der Waals surface area contributed by atoms with Crippen LogP contribution in [0.4, 0.5) is 0 Å². The van der Waals surface area contributed by atoms with Gasteiger partial charge in [-0.3, -0.25) is 0 Å². The zero-order chi connectivity index (χ0) is 11.0. The van der Waals surface area contributed by atoms with E-state index in [4.69, 9.17) is 0 Å². The van der Waals surface area contributed by atoms with Crippen LogP contribution in [-0.4, -0.2) is 5.11 Å². The lowest BCUT2D eigenvalue weighted by molar-refractivity contribution is 0.0625. The quantitative estimate of drug-likeness (QED) is 0.796. The first kappa shape index (κ1) is 10.1. The van der Waals surface area contributed by atoms with Gasteiger partial charge in [-0.15, -0.1) is 11.3 Å². The minimum absolute atomic E-state index is 0.755. The van der Waals surface area contributed by atoms with Crippen molar-refractivity contribution >= 4 is 11.3 Å². The molecular formula is C14H14OS. The van der Waals surface area contributed by atoms with E-state index < -0.39 is 5.60 Å². The summed E-state index contributed by atoms with van der Waals surface area (Å²) in [4.78, 5) is 1.35. The van der Waals surface area contributed by atoms with Crippen LogP contribution in [0.25, 0.3) is 0 Å². The van der Waals surface area contributed by atoms with E-state index in [1.807, 2.05) is 30.3 Å². The van der Waals surface area contributed by atoms with Gasteiger partial charge in [0.15, 0.2) is 0 Å². The Kier molecular flexibility index (Phi) is 2.34. The average Bonchev–Trinajstić information content (AvgIpc) is 2.80. The molecule has 1 aromatic carbocycles. The molecule has 1 aliphatic carbocycles. The van der Waals surface area contributed by atoms with E-state index in [1.165, 1.54) is 4.88 Å². The van der Waals surface area contributed by atoms with E-state index in [2.05, 4.69) is 11.4 Å². The van der Waals surface area contributed by atoms with Crippen LogP contribution in [0.15, 0.2) is 41.8 Å². The van der Waals surface area contributed by atoms with Gasteiger partial charge in [-0.05, 0) is 36.3 Å². The molecule has 82 valence electrons. The van der Waals surface area contributed by atoms with Crippen molar-refractivity contribution in [1.29, 1.82) is 0 Å². The number of thiophene rings is 1. The lowest BCUT2D eigenvalue weighted by Crippen LogP contribution is -2.30. The van der Waals surface area contributed by atoms with Crippen molar-refractivity contribution in [3.8, 4) is 0 Å². The van der Waals surface area contributed by atoms with Crippen molar-refractivity contribution < 1.29 is 5.11 Å². The predicted octanol–water partition coefficient (Wildman–Crippen LogP) is 3.32. The minimum Gasteiger partial charge on any atom is -0.380 e. The molecule has 0 aliphatic heterocycles. The Balaban J connectivity index is 2.14. The standard InChI is InChI=1S/C14H14OS/c15-14(11-5-2-1-3-6-11)9-4-7-13-12(14)8-10-16-13/h1-3,5-6,8,10,15H,4,7,9H2. The van der Waals surface area contributed by atoms with E-state index in [-0.39, 0.29) is 0 Å². The maximum absolute atomic E-state index is 10.9. The summed E-state index contributed by atoms with van der Waals surface area (Å²) in [5, 5.41) is 13.0. The summed E-state index contributed by atoms with van der Waals surface area (Å²) in [5.41, 5.74) is 1.39. The monoisotopic (exact) mass is 230 g/mol. The Morgan fingerprint density at radius 1 is 1.12 bits per heavy atom. The normalized spacial score (nSPS) is 24.1. The fourth-order valence-electron chi connectivity index (χ4n) is 2.56. The van der Waals surface area contributed by atoms with Gasteiger partial charge in [0.25, 0.3) is 0 Å². The highest BCUT2D eigenvalue weighted by molar-refractivity contribution is 7.10. The number of hydrogen-bond donors (Lipinski definition) is 1. The maximum Gasteiger partial charge on any atom is 0.116 e. The molecule has 16 heavy (non-hydrogen) atoms. The third-order valence-corrected chi connectivity index (χ3v) is 4.37. The average molecular weight is 230 g/mol. The first-order valence-corrected chi connectivity index (χ1v) is 6.53. The largest absolute Gasteiger partial charge is 0.380 e. The third kappa shape index (κ3) is 1.41. The number of benzene rings is 1. The van der Waals surface area contributed by atoms with Crippen LogP contribution in [0.5, 0.6) is 0 Å². The van der Waals surface area contributed by atoms with Gasteiger partial charge in [0.2, 0.25) is 0 Å². The second kappa shape index (κ2) is 3.72. The van der Waals surface area contributed by atoms with Crippen molar-refractivity contribution in [3.05, 3.63) is 57.8 Å². The van der Waals surface area contributed by atoms with Gasteiger partial charge >= 0.3 is 0 Å². The lowest BCUT2D eigenvalue weighted by atomic mass is 9.78. The molecule has 0 saturated carbocycles. The molecular weight excluding hydrogens is 216 g/mol. The number of hydrogen-bond acceptors (Lipinski definition) is 2. The van der Waals surface area contributed by atoms with Gasteiger partial charge in [-0.25, -0.2) is 0 Å². The SMILES string of the molecule is OC1(c2ccccc2)CCCc2sccc21. The summed E-state index contributed by atoms with van der Waals surface area (Å²) >= 11 is 1.76. The number of aliphatic hydroxyl groups is 1. The molecule has 1 aromatic heterocycles. The predicted molar refractivity (Wildman–Crippen MR) is 66.7 cm³/mol. The molecule has 1 unspecified atom stereocenters. The van der Waals surface area contributed by atoms with Gasteiger partial charge in [-0.2, -0.15) is 0 Å². The summed E-state index contributed by atoms with van der Waals surface area (Å²) in [7, 11) is 0. The summed E-state index contributed by atoms with van der Waals surface area (Å²) in [6.45, 7) is 0. The second-order valence-electron chi connectivity index (χ2n) is 4.34. The Bertz CT molecular complexity index is 488. The molecule has 0 radical (unpaired) electrons. The van der Waals surface area contributed by atoms with Crippen LogP contribution < -0.4 is 0 Å². The Morgan fingerprint density at radius 3 is 2.75 bits per heavy atom. The van der Waals surface area contributed by atoms with Crippen LogP contribution in [0.2, 0.25) is 0 Å².